The van der Waals surface area contributed by atoms with E-state index in [0.29, 0.717) is 18.4 Å². The van der Waals surface area contributed by atoms with Crippen molar-refractivity contribution < 1.29 is 104 Å². The van der Waals surface area contributed by atoms with Crippen LogP contribution in [0.15, 0.2) is 54.6 Å². The third-order valence-corrected chi connectivity index (χ3v) is 20.2. The molecule has 1 saturated carbocycles. The van der Waals surface area contributed by atoms with E-state index in [-0.39, 0.29) is 67.3 Å². The zero-order valence-electron chi connectivity index (χ0n) is 46.6. The fraction of sp³-hybridized carbons (Fsp3) is 0.442. The normalized spacial score (nSPS) is 17.0. The second-order valence-electron chi connectivity index (χ2n) is 22.7. The minimum Gasteiger partial charge on any atom is -0.404 e. The first-order chi connectivity index (χ1) is 39.6. The van der Waals surface area contributed by atoms with Crippen LogP contribution in [0.5, 0.6) is 5.75 Å². The highest BCUT2D eigenvalue weighted by Gasteiger charge is 2.64. The number of carbonyl (C=O) groups excluding carboxylic acids is 2. The molecule has 0 radical (unpaired) electrons. The molecule has 87 heavy (non-hydrogen) atoms. The van der Waals surface area contributed by atoms with Gasteiger partial charge in [0, 0.05) is 58.0 Å². The number of benzene rings is 3. The first kappa shape index (κ1) is 67.0. The number of halogens is 11. The van der Waals surface area contributed by atoms with Crippen molar-refractivity contribution in [2.45, 2.75) is 127 Å². The van der Waals surface area contributed by atoms with Crippen molar-refractivity contribution >= 4 is 80.7 Å². The monoisotopic (exact) mass is 1340 g/mol. The Morgan fingerprint density at radius 2 is 1.51 bits per heavy atom. The number of nitrogens with zero attached hydrogens (tertiary/aromatic N) is 6. The Kier molecular flexibility index (Phi) is 17.6. The third kappa shape index (κ3) is 13.9. The minimum absolute atomic E-state index is 0.0166. The lowest BCUT2D eigenvalue weighted by Gasteiger charge is -2.34. The van der Waals surface area contributed by atoms with Gasteiger partial charge in [0.1, 0.15) is 36.2 Å². The molecule has 2 amide bonds. The van der Waals surface area contributed by atoms with Crippen LogP contribution < -0.4 is 19.5 Å². The van der Waals surface area contributed by atoms with Crippen molar-refractivity contribution in [3.8, 4) is 16.9 Å². The number of aromatic nitrogens is 5. The van der Waals surface area contributed by atoms with Crippen LogP contribution in [-0.2, 0) is 82.0 Å². The number of amides is 2. The Labute approximate surface area is 494 Å². The molecule has 474 valence electrons. The number of rotatable bonds is 20. The maximum absolute atomic E-state index is 16.0. The molecule has 5 N–H and O–H groups in total. The third-order valence-electron chi connectivity index (χ3n) is 15.3. The number of carbonyl (C=O) groups is 2. The Bertz CT molecular complexity index is 4110. The van der Waals surface area contributed by atoms with Crippen LogP contribution in [0.1, 0.15) is 110 Å². The number of alkyl halides is 8. The number of phosphoric ester groups is 1. The molecule has 2 aliphatic carbocycles. The van der Waals surface area contributed by atoms with Gasteiger partial charge in [-0.2, -0.15) is 49.6 Å². The lowest BCUT2D eigenvalue weighted by Crippen LogP contribution is -2.40. The van der Waals surface area contributed by atoms with Crippen molar-refractivity contribution in [3.63, 3.8) is 0 Å². The number of hydrogen-bond acceptors (Lipinski definition) is 12. The van der Waals surface area contributed by atoms with Crippen LogP contribution in [0, 0.1) is 24.5 Å². The molecule has 3 aromatic heterocycles. The zero-order chi connectivity index (χ0) is 65.1. The number of sulfonamides is 1. The largest absolute Gasteiger partial charge is 0.524 e. The second-order valence-corrected chi connectivity index (χ2v) is 30.4. The van der Waals surface area contributed by atoms with Crippen LogP contribution in [0.25, 0.3) is 22.0 Å². The Hall–Kier alpha value is -5.98. The molecule has 3 atom stereocenters. The zero-order valence-corrected chi connectivity index (χ0v) is 50.8. The summed E-state index contributed by atoms with van der Waals surface area (Å²) in [6.07, 6.45) is -11.5. The lowest BCUT2D eigenvalue weighted by molar-refractivity contribution is -0.144. The summed E-state index contributed by atoms with van der Waals surface area (Å²) in [5.41, 5.74) is -8.22. The topological polar surface area (TPSA) is 291 Å². The molecule has 0 spiro atoms. The number of aryl methyl sites for hydroxylation is 2. The number of phosphoric acid groups is 1. The number of fused-ring (bicyclic) bond motifs is 4. The summed E-state index contributed by atoms with van der Waals surface area (Å²) in [5.74, 6) is -13.9. The summed E-state index contributed by atoms with van der Waals surface area (Å²) < 4.78 is 232. The molecule has 35 heteroatoms. The van der Waals surface area contributed by atoms with Crippen LogP contribution in [-0.4, -0.2) is 96.2 Å². The highest BCUT2D eigenvalue weighted by Crippen LogP contribution is 2.64. The van der Waals surface area contributed by atoms with Crippen molar-refractivity contribution in [1.82, 2.24) is 29.9 Å². The minimum atomic E-state index is -5.57. The Balaban J connectivity index is 1.34. The van der Waals surface area contributed by atoms with Gasteiger partial charge in [-0.1, -0.05) is 37.6 Å². The average molecular weight is 1340 g/mol. The number of nitrogens with one attached hydrogen (secondary N) is 1. The molecule has 3 heterocycles. The molecule has 2 aliphatic rings. The van der Waals surface area contributed by atoms with Crippen molar-refractivity contribution in [2.75, 3.05) is 16.8 Å². The van der Waals surface area contributed by atoms with Gasteiger partial charge < -0.3 is 19.6 Å². The van der Waals surface area contributed by atoms with Gasteiger partial charge in [-0.25, -0.2) is 30.2 Å². The van der Waals surface area contributed by atoms with Crippen molar-refractivity contribution in [2.24, 2.45) is 5.92 Å². The van der Waals surface area contributed by atoms with Gasteiger partial charge in [-0.05, 0) is 106 Å². The first-order valence-corrected chi connectivity index (χ1v) is 33.1. The summed E-state index contributed by atoms with van der Waals surface area (Å²) in [7, 11) is -19.7. The molecular weight excluding hydrogens is 1280 g/mol. The maximum atomic E-state index is 16.0. The predicted octanol–water partition coefficient (Wildman–Crippen LogP) is 9.51. The van der Waals surface area contributed by atoms with Gasteiger partial charge in [-0.3, -0.25) is 38.3 Å². The maximum Gasteiger partial charge on any atom is 0.524 e. The molecule has 0 unspecified atom stereocenters. The standard InChI is InChI=1S/C52H54ClF10N7O13P2S2/c1-25-16-30(84(73,74)75)21-37(83-85(76,77)78)42(25)48(2,3)22-39(72)70(87(7,81)82)47-41-35(53)13-11-32(44(41)69(67-47)24-50(56,57)58)31-9-8-29(14-15-49(4,5)86(6,79)80)64-43(31)36(19-26-17-27(54)20-28(55)18-26)65-38(71)23-68-46-40(45(66-68)52(61,62)63)33-10-12-34(33)51(46,59)60/h8-9,11,13,16-18,20-21,33-34,36H,10,12,14-15,19,22-24H2,1-7H3,(H,65,71)(H2,73,74,75)(H2,76,77,78)/t33-,34+,36-/m0/s1. The number of anilines is 1. The van der Waals surface area contributed by atoms with E-state index in [0.717, 1.165) is 36.6 Å². The molecule has 8 rings (SSSR count). The number of sulfone groups is 1. The summed E-state index contributed by atoms with van der Waals surface area (Å²) in [5, 5.41) is 7.82. The van der Waals surface area contributed by atoms with E-state index >= 15 is 17.6 Å². The molecule has 0 bridgehead atoms. The van der Waals surface area contributed by atoms with Crippen LogP contribution in [0.3, 0.4) is 0 Å². The SMILES string of the molecule is Cc1cc(P(=O)(O)O)cc(OP(=O)(O)O)c1C(C)(C)CC(=O)N(c1nn(CC(F)(F)F)c2c(-c3ccc(CCC(C)(C)S(C)(=O)=O)nc3[C@H](Cc3cc(F)cc(F)c3)NC(=O)Cn3nc(C(F)(F)F)c4c3C(F)(F)[C@@H]3CC[C@H]43)ccc(Cl)c12)S(C)(=O)=O. The summed E-state index contributed by atoms with van der Waals surface area (Å²) >= 11 is 6.79. The second kappa shape index (κ2) is 22.8. The molecule has 1 fully saturated rings. The predicted molar refractivity (Wildman–Crippen MR) is 294 cm³/mol. The smallest absolute Gasteiger partial charge is 0.404 e. The van der Waals surface area contributed by atoms with Gasteiger partial charge in [0.05, 0.1) is 44.0 Å². The Morgan fingerprint density at radius 1 is 0.885 bits per heavy atom. The molecule has 0 aliphatic heterocycles. The fourth-order valence-corrected chi connectivity index (χ4v) is 13.8. The van der Waals surface area contributed by atoms with Gasteiger partial charge in [0.15, 0.2) is 21.3 Å². The first-order valence-electron chi connectivity index (χ1n) is 25.8. The molecular formula is C52H54ClF10N7O13P2S2. The van der Waals surface area contributed by atoms with E-state index in [9.17, 15) is 81.5 Å². The average Bonchev–Trinajstić information content (AvgIpc) is 1.55. The van der Waals surface area contributed by atoms with Crippen LogP contribution >= 0.6 is 27.0 Å². The fourth-order valence-electron chi connectivity index (χ4n) is 11.2. The van der Waals surface area contributed by atoms with Gasteiger partial charge >= 0.3 is 27.8 Å². The van der Waals surface area contributed by atoms with Gasteiger partial charge in [-0.15, -0.1) is 0 Å². The van der Waals surface area contributed by atoms with E-state index in [1.807, 2.05) is 0 Å². The van der Waals surface area contributed by atoms with E-state index in [2.05, 4.69) is 15.5 Å². The number of hydrogen-bond donors (Lipinski definition) is 5. The Morgan fingerprint density at radius 3 is 2.05 bits per heavy atom. The number of pyridine rings is 1. The molecule has 6 aromatic rings. The highest BCUT2D eigenvalue weighted by atomic mass is 35.5. The molecule has 3 aromatic carbocycles. The van der Waals surface area contributed by atoms with E-state index in [1.165, 1.54) is 46.8 Å². The van der Waals surface area contributed by atoms with Crippen LogP contribution in [0.4, 0.5) is 49.7 Å². The summed E-state index contributed by atoms with van der Waals surface area (Å²) in [6, 6.07) is 6.23. The van der Waals surface area contributed by atoms with E-state index in [1.54, 1.807) is 0 Å². The van der Waals surface area contributed by atoms with Crippen LogP contribution in [0.2, 0.25) is 5.02 Å². The van der Waals surface area contributed by atoms with Crippen molar-refractivity contribution in [1.29, 1.82) is 0 Å². The summed E-state index contributed by atoms with van der Waals surface area (Å²) in [6.45, 7) is 2.96. The quantitative estimate of drug-likeness (QED) is 0.0351. The summed E-state index contributed by atoms with van der Waals surface area (Å²) in [4.78, 5) is 73.4. The van der Waals surface area contributed by atoms with Gasteiger partial charge in [0.2, 0.25) is 21.8 Å². The molecule has 20 nitrogen and oxygen atoms in total. The highest BCUT2D eigenvalue weighted by molar-refractivity contribution is 7.93. The van der Waals surface area contributed by atoms with E-state index in [4.69, 9.17) is 21.1 Å². The van der Waals surface area contributed by atoms with Gasteiger partial charge in [0.25, 0.3) is 5.92 Å². The molecule has 0 saturated heterocycles. The van der Waals surface area contributed by atoms with Crippen molar-refractivity contribution in [3.05, 3.63) is 116 Å². The van der Waals surface area contributed by atoms with E-state index < -0.39 is 192 Å². The lowest BCUT2D eigenvalue weighted by atomic mass is 9.73.